The lowest BCUT2D eigenvalue weighted by atomic mass is 10.1. The molecule has 0 aliphatic carbocycles. The molecule has 1 aliphatic heterocycles. The number of anilines is 2. The summed E-state index contributed by atoms with van der Waals surface area (Å²) in [7, 11) is 0. The van der Waals surface area contributed by atoms with E-state index in [9.17, 15) is 9.59 Å². The lowest BCUT2D eigenvalue weighted by Crippen LogP contribution is -2.25. The Bertz CT molecular complexity index is 1000. The molecule has 0 bridgehead atoms. The Labute approximate surface area is 168 Å². The summed E-state index contributed by atoms with van der Waals surface area (Å²) < 4.78 is 11.3. The Morgan fingerprint density at radius 1 is 1.39 bits per heavy atom. The van der Waals surface area contributed by atoms with Crippen LogP contribution in [0.2, 0.25) is 0 Å². The number of Topliss-reactive ketones (excluding diaryl/α,β-unsaturated/α-hetero) is 1. The fraction of sp³-hybridized carbons (Fsp3) is 0.222. The summed E-state index contributed by atoms with van der Waals surface area (Å²) in [4.78, 5) is 24.2. The fourth-order valence-corrected chi connectivity index (χ4v) is 4.55. The number of hydrogen-bond donors (Lipinski definition) is 2. The van der Waals surface area contributed by atoms with Crippen molar-refractivity contribution in [2.45, 2.75) is 23.1 Å². The second kappa shape index (κ2) is 8.03. The molecule has 1 aliphatic rings. The van der Waals surface area contributed by atoms with Crippen LogP contribution in [0.15, 0.2) is 45.4 Å². The molecule has 1 amide bonds. The number of fused-ring (bicyclic) bond motifs is 1. The van der Waals surface area contributed by atoms with Crippen molar-refractivity contribution >= 4 is 45.6 Å². The van der Waals surface area contributed by atoms with Crippen molar-refractivity contribution in [2.24, 2.45) is 0 Å². The summed E-state index contributed by atoms with van der Waals surface area (Å²) in [6.45, 7) is 2.32. The number of furan rings is 1. The van der Waals surface area contributed by atoms with Crippen LogP contribution >= 0.6 is 23.1 Å². The van der Waals surface area contributed by atoms with Crippen LogP contribution in [0.25, 0.3) is 0 Å². The molecule has 0 radical (unpaired) electrons. The molecule has 1 atom stereocenters. The number of carbonyl (C=O) groups is 2. The zero-order valence-electron chi connectivity index (χ0n) is 14.8. The van der Waals surface area contributed by atoms with E-state index >= 15 is 0 Å². The van der Waals surface area contributed by atoms with Crippen LogP contribution in [0.1, 0.15) is 23.0 Å². The molecule has 2 aromatic heterocycles. The van der Waals surface area contributed by atoms with Crippen molar-refractivity contribution in [1.29, 1.82) is 0 Å². The predicted octanol–water partition coefficient (Wildman–Crippen LogP) is 3.44. The quantitative estimate of drug-likeness (QED) is 0.446. The summed E-state index contributed by atoms with van der Waals surface area (Å²) in [5.41, 5.74) is 1.02. The molecule has 28 heavy (non-hydrogen) atoms. The number of benzene rings is 1. The van der Waals surface area contributed by atoms with Gasteiger partial charge in [0.2, 0.25) is 5.13 Å². The largest absolute Gasteiger partial charge is 0.482 e. The Kier molecular flexibility index (Phi) is 5.31. The third-order valence-electron chi connectivity index (χ3n) is 3.94. The van der Waals surface area contributed by atoms with Gasteiger partial charge in [0.25, 0.3) is 5.91 Å². The first-order valence-corrected chi connectivity index (χ1v) is 10.2. The minimum atomic E-state index is -0.357. The van der Waals surface area contributed by atoms with Crippen molar-refractivity contribution in [3.8, 4) is 5.75 Å². The number of hydrogen-bond acceptors (Lipinski definition) is 9. The number of aromatic nitrogens is 2. The number of ketones is 1. The van der Waals surface area contributed by atoms with Crippen LogP contribution in [0, 0.1) is 0 Å². The van der Waals surface area contributed by atoms with Gasteiger partial charge in [-0.05, 0) is 37.3 Å². The van der Waals surface area contributed by atoms with Gasteiger partial charge in [0.15, 0.2) is 16.7 Å². The van der Waals surface area contributed by atoms with Gasteiger partial charge in [-0.1, -0.05) is 23.1 Å². The van der Waals surface area contributed by atoms with Gasteiger partial charge in [0.05, 0.1) is 23.7 Å². The van der Waals surface area contributed by atoms with E-state index in [2.05, 4.69) is 20.8 Å². The fourth-order valence-electron chi connectivity index (χ4n) is 2.58. The van der Waals surface area contributed by atoms with Crippen LogP contribution in [-0.2, 0) is 11.3 Å². The van der Waals surface area contributed by atoms with Gasteiger partial charge in [0.1, 0.15) is 11.5 Å². The minimum absolute atomic E-state index is 0.0140. The highest BCUT2D eigenvalue weighted by molar-refractivity contribution is 8.02. The summed E-state index contributed by atoms with van der Waals surface area (Å²) in [5, 5.41) is 14.4. The molecular weight excluding hydrogens is 400 g/mol. The first-order chi connectivity index (χ1) is 13.6. The number of amides is 1. The topological polar surface area (TPSA) is 106 Å². The van der Waals surface area contributed by atoms with Crippen molar-refractivity contribution in [2.75, 3.05) is 17.2 Å². The van der Waals surface area contributed by atoms with Crippen LogP contribution in [-0.4, -0.2) is 33.7 Å². The second-order valence-corrected chi connectivity index (χ2v) is 8.54. The molecule has 0 saturated carbocycles. The van der Waals surface area contributed by atoms with Crippen molar-refractivity contribution in [1.82, 2.24) is 10.2 Å². The molecule has 2 N–H and O–H groups in total. The van der Waals surface area contributed by atoms with Gasteiger partial charge in [-0.15, -0.1) is 10.2 Å². The van der Waals surface area contributed by atoms with Gasteiger partial charge in [-0.3, -0.25) is 9.59 Å². The number of carbonyl (C=O) groups excluding carboxylic acids is 2. The number of thioether (sulfide) groups is 1. The molecular formula is C18H16N4O4S2. The number of nitrogens with zero attached hydrogens (tertiary/aromatic N) is 2. The number of nitrogens with one attached hydrogen (secondary N) is 2. The Hall–Kier alpha value is -2.85. The molecule has 8 nitrogen and oxygen atoms in total. The summed E-state index contributed by atoms with van der Waals surface area (Å²) in [5.74, 6) is 1.07. The molecule has 10 heteroatoms. The standard InChI is InChI=1S/C18H16N4O4S2/c1-10(16(24)11-4-5-14-13(7-11)20-15(23)9-26-14)27-18-22-21-17(28-18)19-8-12-3-2-6-25-12/h2-7,10H,8-9H2,1H3,(H,19,21)(H,20,23). The summed E-state index contributed by atoms with van der Waals surface area (Å²) in [6, 6.07) is 8.73. The molecule has 144 valence electrons. The van der Waals surface area contributed by atoms with Gasteiger partial charge < -0.3 is 19.8 Å². The van der Waals surface area contributed by atoms with Crippen molar-refractivity contribution in [3.63, 3.8) is 0 Å². The molecule has 0 fully saturated rings. The molecule has 1 unspecified atom stereocenters. The van der Waals surface area contributed by atoms with Gasteiger partial charge in [-0.2, -0.15) is 0 Å². The summed E-state index contributed by atoms with van der Waals surface area (Å²) >= 11 is 2.72. The van der Waals surface area contributed by atoms with E-state index in [1.54, 1.807) is 24.5 Å². The number of ether oxygens (including phenoxy) is 1. The lowest BCUT2D eigenvalue weighted by Gasteiger charge is -2.18. The molecule has 3 aromatic rings. The van der Waals surface area contributed by atoms with Gasteiger partial charge >= 0.3 is 0 Å². The van der Waals surface area contributed by atoms with E-state index in [-0.39, 0.29) is 23.5 Å². The molecule has 1 aromatic carbocycles. The highest BCUT2D eigenvalue weighted by Crippen LogP contribution is 2.33. The normalized spacial score (nSPS) is 14.0. The van der Waals surface area contributed by atoms with E-state index < -0.39 is 0 Å². The molecule has 4 rings (SSSR count). The monoisotopic (exact) mass is 416 g/mol. The maximum atomic E-state index is 12.8. The average molecular weight is 416 g/mol. The van der Waals surface area contributed by atoms with Gasteiger partial charge in [0, 0.05) is 5.56 Å². The highest BCUT2D eigenvalue weighted by atomic mass is 32.2. The van der Waals surface area contributed by atoms with Crippen LogP contribution in [0.3, 0.4) is 0 Å². The highest BCUT2D eigenvalue weighted by Gasteiger charge is 2.22. The van der Waals surface area contributed by atoms with Gasteiger partial charge in [-0.25, -0.2) is 0 Å². The first-order valence-electron chi connectivity index (χ1n) is 8.46. The van der Waals surface area contributed by atoms with E-state index in [1.807, 2.05) is 19.1 Å². The SMILES string of the molecule is CC(Sc1nnc(NCc2ccco2)s1)C(=O)c1ccc2c(c1)NC(=O)CO2. The smallest absolute Gasteiger partial charge is 0.262 e. The molecule has 0 saturated heterocycles. The summed E-state index contributed by atoms with van der Waals surface area (Å²) in [6.07, 6.45) is 1.62. The maximum Gasteiger partial charge on any atom is 0.262 e. The van der Waals surface area contributed by atoms with E-state index in [1.165, 1.54) is 23.1 Å². The zero-order valence-corrected chi connectivity index (χ0v) is 16.4. The van der Waals surface area contributed by atoms with Crippen molar-refractivity contribution < 1.29 is 18.7 Å². The van der Waals surface area contributed by atoms with E-state index in [0.717, 1.165) is 5.76 Å². The van der Waals surface area contributed by atoms with Crippen LogP contribution in [0.5, 0.6) is 5.75 Å². The lowest BCUT2D eigenvalue weighted by molar-refractivity contribution is -0.118. The first kappa shape index (κ1) is 18.5. The molecule has 0 spiro atoms. The predicted molar refractivity (Wildman–Crippen MR) is 106 cm³/mol. The minimum Gasteiger partial charge on any atom is -0.482 e. The van der Waals surface area contributed by atoms with E-state index in [4.69, 9.17) is 9.15 Å². The average Bonchev–Trinajstić information content (AvgIpc) is 3.37. The zero-order chi connectivity index (χ0) is 19.5. The molecule has 3 heterocycles. The third kappa shape index (κ3) is 4.18. The third-order valence-corrected chi connectivity index (χ3v) is 6.01. The van der Waals surface area contributed by atoms with Crippen molar-refractivity contribution in [3.05, 3.63) is 47.9 Å². The number of rotatable bonds is 7. The second-order valence-electron chi connectivity index (χ2n) is 5.98. The van der Waals surface area contributed by atoms with Crippen LogP contribution in [0.4, 0.5) is 10.8 Å². The van der Waals surface area contributed by atoms with E-state index in [0.29, 0.717) is 33.0 Å². The Morgan fingerprint density at radius 3 is 3.11 bits per heavy atom. The Balaban J connectivity index is 1.38. The Morgan fingerprint density at radius 2 is 2.29 bits per heavy atom. The van der Waals surface area contributed by atoms with Crippen LogP contribution < -0.4 is 15.4 Å². The maximum absolute atomic E-state index is 12.8.